The molecule has 1 nitrogen and oxygen atoms in total. The smallest absolute Gasteiger partial charge is 0.0545 e. The average Bonchev–Trinajstić information content (AvgIpc) is 2.75. The first kappa shape index (κ1) is 14.4. The second-order valence-corrected chi connectivity index (χ2v) is 7.38. The van der Waals surface area contributed by atoms with Crippen molar-refractivity contribution < 1.29 is 0 Å². The maximum absolute atomic E-state index is 6.23. The molecule has 1 heterocycles. The van der Waals surface area contributed by atoms with Gasteiger partial charge in [-0.3, -0.25) is 0 Å². The van der Waals surface area contributed by atoms with Gasteiger partial charge in [-0.25, -0.2) is 0 Å². The Morgan fingerprint density at radius 1 is 1.39 bits per heavy atom. The summed E-state index contributed by atoms with van der Waals surface area (Å²) >= 11 is 8.02. The molecule has 0 spiro atoms. The van der Waals surface area contributed by atoms with Crippen LogP contribution >= 0.6 is 22.9 Å². The van der Waals surface area contributed by atoms with E-state index in [2.05, 4.69) is 19.2 Å². The molecule has 1 saturated carbocycles. The number of thiophene rings is 1. The molecule has 102 valence electrons. The van der Waals surface area contributed by atoms with Gasteiger partial charge in [0.25, 0.3) is 0 Å². The van der Waals surface area contributed by atoms with Gasteiger partial charge in [0, 0.05) is 4.88 Å². The summed E-state index contributed by atoms with van der Waals surface area (Å²) in [4.78, 5) is 1.35. The van der Waals surface area contributed by atoms with E-state index >= 15 is 0 Å². The van der Waals surface area contributed by atoms with E-state index in [4.69, 9.17) is 17.3 Å². The normalized spacial score (nSPS) is 28.8. The Hall–Kier alpha value is -0.0500. The second kappa shape index (κ2) is 6.40. The molecule has 3 unspecified atom stereocenters. The van der Waals surface area contributed by atoms with Gasteiger partial charge in [0.15, 0.2) is 0 Å². The molecule has 0 bridgehead atoms. The third kappa shape index (κ3) is 3.28. The summed E-state index contributed by atoms with van der Waals surface area (Å²) in [7, 11) is 0. The van der Waals surface area contributed by atoms with E-state index in [1.807, 2.05) is 6.07 Å². The molecule has 1 aliphatic rings. The third-order valence-electron chi connectivity index (χ3n) is 4.56. The monoisotopic (exact) mass is 285 g/mol. The molecule has 1 aliphatic carbocycles. The summed E-state index contributed by atoms with van der Waals surface area (Å²) in [6.45, 7) is 5.53. The van der Waals surface area contributed by atoms with Crippen LogP contribution in [0.15, 0.2) is 11.4 Å². The predicted molar refractivity (Wildman–Crippen MR) is 81.2 cm³/mol. The van der Waals surface area contributed by atoms with Crippen molar-refractivity contribution in [2.45, 2.75) is 39.5 Å². The molecule has 0 radical (unpaired) electrons. The molecule has 0 aromatic carbocycles. The highest BCUT2D eigenvalue weighted by atomic mass is 35.5. The summed E-state index contributed by atoms with van der Waals surface area (Å²) in [5.41, 5.74) is 5.95. The van der Waals surface area contributed by atoms with Crippen LogP contribution in [-0.2, 0) is 6.42 Å². The van der Waals surface area contributed by atoms with E-state index in [1.54, 1.807) is 11.3 Å². The van der Waals surface area contributed by atoms with Crippen molar-refractivity contribution in [3.05, 3.63) is 21.3 Å². The van der Waals surface area contributed by atoms with Crippen LogP contribution in [0.4, 0.5) is 0 Å². The minimum atomic E-state index is 0.693. The number of halogens is 1. The fourth-order valence-corrected chi connectivity index (χ4v) is 4.45. The molecule has 2 N–H and O–H groups in total. The molecule has 2 rings (SSSR count). The molecule has 0 aliphatic heterocycles. The lowest BCUT2D eigenvalue weighted by atomic mass is 9.69. The van der Waals surface area contributed by atoms with Crippen molar-refractivity contribution in [1.82, 2.24) is 0 Å². The highest BCUT2D eigenvalue weighted by molar-refractivity contribution is 7.10. The van der Waals surface area contributed by atoms with E-state index in [-0.39, 0.29) is 0 Å². The summed E-state index contributed by atoms with van der Waals surface area (Å²) in [6, 6.07) is 2.02. The van der Waals surface area contributed by atoms with Gasteiger partial charge in [-0.05, 0) is 67.3 Å². The molecule has 18 heavy (non-hydrogen) atoms. The first-order chi connectivity index (χ1) is 8.61. The zero-order chi connectivity index (χ0) is 13.1. The maximum atomic E-state index is 6.23. The van der Waals surface area contributed by atoms with Crippen LogP contribution in [0.2, 0.25) is 5.02 Å². The lowest BCUT2D eigenvalue weighted by Gasteiger charge is -2.37. The van der Waals surface area contributed by atoms with Crippen molar-refractivity contribution >= 4 is 22.9 Å². The highest BCUT2D eigenvalue weighted by Crippen LogP contribution is 2.40. The molecule has 1 aromatic heterocycles. The van der Waals surface area contributed by atoms with Gasteiger partial charge in [-0.15, -0.1) is 11.3 Å². The fraction of sp³-hybridized carbons (Fsp3) is 0.733. The van der Waals surface area contributed by atoms with E-state index in [9.17, 15) is 0 Å². The molecule has 0 saturated heterocycles. The molecular formula is C15H24ClNS. The Bertz CT molecular complexity index is 374. The standard InChI is InChI=1S/C15H24ClNS/c1-10(2)11-3-4-12(9-17)13(7-11)8-15-14(16)5-6-18-15/h5-6,10-13H,3-4,7-9,17H2,1-2H3. The Morgan fingerprint density at radius 2 is 2.17 bits per heavy atom. The largest absolute Gasteiger partial charge is 0.330 e. The molecule has 0 amide bonds. The Kier molecular flexibility index (Phi) is 5.11. The number of hydrogen-bond donors (Lipinski definition) is 1. The average molecular weight is 286 g/mol. The maximum Gasteiger partial charge on any atom is 0.0545 e. The topological polar surface area (TPSA) is 26.0 Å². The van der Waals surface area contributed by atoms with Crippen molar-refractivity contribution in [1.29, 1.82) is 0 Å². The molecule has 3 atom stereocenters. The summed E-state index contributed by atoms with van der Waals surface area (Å²) in [5, 5.41) is 3.04. The van der Waals surface area contributed by atoms with E-state index in [0.717, 1.165) is 35.7 Å². The van der Waals surface area contributed by atoms with Gasteiger partial charge in [0.1, 0.15) is 0 Å². The first-order valence-corrected chi connectivity index (χ1v) is 8.29. The zero-order valence-electron chi connectivity index (χ0n) is 11.4. The zero-order valence-corrected chi connectivity index (χ0v) is 12.9. The van der Waals surface area contributed by atoms with Gasteiger partial charge in [0.05, 0.1) is 5.02 Å². The molecule has 1 fully saturated rings. The predicted octanol–water partition coefficient (Wildman–Crippen LogP) is 4.59. The Morgan fingerprint density at radius 3 is 2.72 bits per heavy atom. The fourth-order valence-electron chi connectivity index (χ4n) is 3.24. The first-order valence-electron chi connectivity index (χ1n) is 7.03. The Labute approximate surface area is 120 Å². The third-order valence-corrected chi connectivity index (χ3v) is 5.97. The highest BCUT2D eigenvalue weighted by Gasteiger charge is 2.31. The van der Waals surface area contributed by atoms with Gasteiger partial charge in [0.2, 0.25) is 0 Å². The van der Waals surface area contributed by atoms with Crippen LogP contribution in [0.25, 0.3) is 0 Å². The second-order valence-electron chi connectivity index (χ2n) is 5.97. The molecular weight excluding hydrogens is 262 g/mol. The van der Waals surface area contributed by atoms with Crippen LogP contribution in [0, 0.1) is 23.7 Å². The van der Waals surface area contributed by atoms with Crippen LogP contribution in [0.1, 0.15) is 38.0 Å². The lowest BCUT2D eigenvalue weighted by molar-refractivity contribution is 0.152. The summed E-state index contributed by atoms with van der Waals surface area (Å²) in [5.74, 6) is 3.09. The minimum Gasteiger partial charge on any atom is -0.330 e. The number of hydrogen-bond acceptors (Lipinski definition) is 2. The lowest BCUT2D eigenvalue weighted by Crippen LogP contribution is -2.33. The minimum absolute atomic E-state index is 0.693. The number of nitrogens with two attached hydrogens (primary N) is 1. The van der Waals surface area contributed by atoms with E-state index < -0.39 is 0 Å². The van der Waals surface area contributed by atoms with Crippen LogP contribution in [-0.4, -0.2) is 6.54 Å². The van der Waals surface area contributed by atoms with Crippen molar-refractivity contribution in [2.24, 2.45) is 29.4 Å². The molecule has 1 aromatic rings. The van der Waals surface area contributed by atoms with Gasteiger partial charge < -0.3 is 5.73 Å². The van der Waals surface area contributed by atoms with Crippen molar-refractivity contribution in [3.8, 4) is 0 Å². The SMILES string of the molecule is CC(C)C1CCC(CN)C(Cc2sccc2Cl)C1. The van der Waals surface area contributed by atoms with E-state index in [1.165, 1.54) is 24.1 Å². The van der Waals surface area contributed by atoms with Gasteiger partial charge in [-0.1, -0.05) is 25.4 Å². The van der Waals surface area contributed by atoms with Crippen molar-refractivity contribution in [3.63, 3.8) is 0 Å². The van der Waals surface area contributed by atoms with Gasteiger partial charge in [-0.2, -0.15) is 0 Å². The summed E-state index contributed by atoms with van der Waals surface area (Å²) in [6.07, 6.45) is 5.11. The van der Waals surface area contributed by atoms with Crippen LogP contribution in [0.3, 0.4) is 0 Å². The summed E-state index contributed by atoms with van der Waals surface area (Å²) < 4.78 is 0. The quantitative estimate of drug-likeness (QED) is 0.860. The Balaban J connectivity index is 2.04. The number of rotatable bonds is 4. The van der Waals surface area contributed by atoms with E-state index in [0.29, 0.717) is 5.92 Å². The van der Waals surface area contributed by atoms with Crippen molar-refractivity contribution in [2.75, 3.05) is 6.54 Å². The van der Waals surface area contributed by atoms with Gasteiger partial charge >= 0.3 is 0 Å². The van der Waals surface area contributed by atoms with Crippen LogP contribution in [0.5, 0.6) is 0 Å². The molecule has 3 heteroatoms. The van der Waals surface area contributed by atoms with Crippen LogP contribution < -0.4 is 5.73 Å².